The monoisotopic (exact) mass is 378 g/mol. The van der Waals surface area contributed by atoms with E-state index < -0.39 is 0 Å². The SMILES string of the molecule is COc1ncnc2ccc(N3CCN(Cc4cnc5n4CCCC5)CC3)cc12. The Morgan fingerprint density at radius 2 is 1.89 bits per heavy atom. The average molecular weight is 378 g/mol. The van der Waals surface area contributed by atoms with Crippen LogP contribution in [0.1, 0.15) is 24.4 Å². The number of hydrogen-bond donors (Lipinski definition) is 0. The molecule has 2 aromatic heterocycles. The Kier molecular flexibility index (Phi) is 4.60. The number of nitrogens with zero attached hydrogens (tertiary/aromatic N) is 6. The van der Waals surface area contributed by atoms with Crippen LogP contribution in [0, 0.1) is 0 Å². The Hall–Kier alpha value is -2.67. The molecule has 1 aromatic carbocycles. The maximum atomic E-state index is 5.40. The third kappa shape index (κ3) is 3.20. The second kappa shape index (κ2) is 7.39. The molecule has 7 heteroatoms. The van der Waals surface area contributed by atoms with E-state index in [9.17, 15) is 0 Å². The number of ether oxygens (including phenoxy) is 1. The first kappa shape index (κ1) is 17.4. The summed E-state index contributed by atoms with van der Waals surface area (Å²) in [6, 6.07) is 6.36. The Morgan fingerprint density at radius 3 is 2.75 bits per heavy atom. The lowest BCUT2D eigenvalue weighted by molar-refractivity contribution is 0.242. The summed E-state index contributed by atoms with van der Waals surface area (Å²) < 4.78 is 7.84. The molecule has 1 saturated heterocycles. The number of fused-ring (bicyclic) bond motifs is 2. The minimum absolute atomic E-state index is 0.635. The Bertz CT molecular complexity index is 976. The van der Waals surface area contributed by atoms with E-state index in [4.69, 9.17) is 4.74 Å². The van der Waals surface area contributed by atoms with Crippen LogP contribution in [-0.4, -0.2) is 57.7 Å². The van der Waals surface area contributed by atoms with Crippen LogP contribution in [0.4, 0.5) is 5.69 Å². The number of rotatable bonds is 4. The number of aromatic nitrogens is 4. The highest BCUT2D eigenvalue weighted by atomic mass is 16.5. The molecule has 0 atom stereocenters. The van der Waals surface area contributed by atoms with Crippen molar-refractivity contribution >= 4 is 16.6 Å². The highest BCUT2D eigenvalue weighted by Gasteiger charge is 2.21. The van der Waals surface area contributed by atoms with Gasteiger partial charge in [0.05, 0.1) is 23.7 Å². The van der Waals surface area contributed by atoms with Crippen molar-refractivity contribution in [3.05, 3.63) is 42.2 Å². The van der Waals surface area contributed by atoms with Crippen molar-refractivity contribution in [3.63, 3.8) is 0 Å². The van der Waals surface area contributed by atoms with Gasteiger partial charge in [0.1, 0.15) is 12.2 Å². The fourth-order valence-corrected chi connectivity index (χ4v) is 4.38. The summed E-state index contributed by atoms with van der Waals surface area (Å²) in [6.07, 6.45) is 7.32. The summed E-state index contributed by atoms with van der Waals surface area (Å²) in [7, 11) is 1.66. The summed E-state index contributed by atoms with van der Waals surface area (Å²) in [5.74, 6) is 1.91. The van der Waals surface area contributed by atoms with E-state index in [0.29, 0.717) is 5.88 Å². The number of anilines is 1. The maximum absolute atomic E-state index is 5.40. The van der Waals surface area contributed by atoms with Crippen molar-refractivity contribution in [2.75, 3.05) is 38.2 Å². The Balaban J connectivity index is 1.27. The number of methoxy groups -OCH3 is 1. The maximum Gasteiger partial charge on any atom is 0.224 e. The van der Waals surface area contributed by atoms with E-state index in [-0.39, 0.29) is 0 Å². The number of benzene rings is 1. The first-order valence-electron chi connectivity index (χ1n) is 10.1. The summed E-state index contributed by atoms with van der Waals surface area (Å²) >= 11 is 0. The average Bonchev–Trinajstić information content (AvgIpc) is 3.16. The second-order valence-electron chi connectivity index (χ2n) is 7.62. The quantitative estimate of drug-likeness (QED) is 0.695. The van der Waals surface area contributed by atoms with Gasteiger partial charge in [-0.1, -0.05) is 0 Å². The normalized spacial score (nSPS) is 17.7. The van der Waals surface area contributed by atoms with Crippen LogP contribution in [-0.2, 0) is 19.5 Å². The molecule has 0 amide bonds. The van der Waals surface area contributed by atoms with Crippen molar-refractivity contribution in [1.29, 1.82) is 0 Å². The van der Waals surface area contributed by atoms with Crippen molar-refractivity contribution in [1.82, 2.24) is 24.4 Å². The lowest BCUT2D eigenvalue weighted by Gasteiger charge is -2.36. The van der Waals surface area contributed by atoms with Crippen molar-refractivity contribution in [2.24, 2.45) is 0 Å². The van der Waals surface area contributed by atoms with Gasteiger partial charge in [0.25, 0.3) is 0 Å². The molecule has 3 aromatic rings. The topological polar surface area (TPSA) is 59.3 Å². The molecule has 0 bridgehead atoms. The molecular weight excluding hydrogens is 352 g/mol. The molecule has 0 unspecified atom stereocenters. The standard InChI is InChI=1S/C21H26N6O/c1-28-21-18-12-16(5-6-19(18)23-15-24-21)26-10-8-25(9-11-26)14-17-13-22-20-4-2-3-7-27(17)20/h5-6,12-13,15H,2-4,7-11,14H2,1H3. The van der Waals surface area contributed by atoms with E-state index >= 15 is 0 Å². The smallest absolute Gasteiger partial charge is 0.224 e. The zero-order valence-corrected chi connectivity index (χ0v) is 16.3. The van der Waals surface area contributed by atoms with Gasteiger partial charge in [-0.25, -0.2) is 15.0 Å². The number of aryl methyl sites for hydroxylation is 1. The van der Waals surface area contributed by atoms with Crippen LogP contribution in [0.5, 0.6) is 5.88 Å². The molecule has 5 rings (SSSR count). The third-order valence-corrected chi connectivity index (χ3v) is 5.95. The van der Waals surface area contributed by atoms with Gasteiger partial charge >= 0.3 is 0 Å². The van der Waals surface area contributed by atoms with E-state index in [1.807, 2.05) is 0 Å². The molecule has 0 aliphatic carbocycles. The fraction of sp³-hybridized carbons (Fsp3) is 0.476. The van der Waals surface area contributed by atoms with Crippen LogP contribution in [0.3, 0.4) is 0 Å². The molecule has 0 N–H and O–H groups in total. The summed E-state index contributed by atoms with van der Waals surface area (Å²) in [5.41, 5.74) is 3.50. The molecule has 0 saturated carbocycles. The number of hydrogen-bond acceptors (Lipinski definition) is 6. The zero-order valence-electron chi connectivity index (χ0n) is 16.3. The predicted octanol–water partition coefficient (Wildman–Crippen LogP) is 2.49. The predicted molar refractivity (Wildman–Crippen MR) is 109 cm³/mol. The lowest BCUT2D eigenvalue weighted by Crippen LogP contribution is -2.46. The molecule has 7 nitrogen and oxygen atoms in total. The Morgan fingerprint density at radius 1 is 1.00 bits per heavy atom. The fourth-order valence-electron chi connectivity index (χ4n) is 4.38. The largest absolute Gasteiger partial charge is 0.480 e. The van der Waals surface area contributed by atoms with E-state index in [0.717, 1.165) is 56.6 Å². The van der Waals surface area contributed by atoms with E-state index in [1.165, 1.54) is 30.0 Å². The van der Waals surface area contributed by atoms with Gasteiger partial charge in [-0.15, -0.1) is 0 Å². The van der Waals surface area contributed by atoms with Crippen molar-refractivity contribution in [3.8, 4) is 5.88 Å². The van der Waals surface area contributed by atoms with E-state index in [2.05, 4.69) is 53.7 Å². The van der Waals surface area contributed by atoms with Crippen LogP contribution >= 0.6 is 0 Å². The van der Waals surface area contributed by atoms with Gasteiger partial charge in [-0.3, -0.25) is 4.90 Å². The molecule has 0 radical (unpaired) electrons. The molecule has 146 valence electrons. The van der Waals surface area contributed by atoms with E-state index in [1.54, 1.807) is 13.4 Å². The van der Waals surface area contributed by atoms with Crippen molar-refractivity contribution < 1.29 is 4.74 Å². The summed E-state index contributed by atoms with van der Waals surface area (Å²) in [4.78, 5) is 18.2. The number of imidazole rings is 1. The first-order chi connectivity index (χ1) is 13.8. The lowest BCUT2D eigenvalue weighted by atomic mass is 10.1. The van der Waals surface area contributed by atoms with Gasteiger partial charge in [-0.05, 0) is 31.0 Å². The molecule has 2 aliphatic rings. The Labute approximate surface area is 165 Å². The molecular formula is C21H26N6O. The van der Waals surface area contributed by atoms with Gasteiger partial charge in [0.2, 0.25) is 5.88 Å². The van der Waals surface area contributed by atoms with Gasteiger partial charge in [0, 0.05) is 57.6 Å². The van der Waals surface area contributed by atoms with Crippen LogP contribution in [0.2, 0.25) is 0 Å². The van der Waals surface area contributed by atoms with Gasteiger partial charge in [-0.2, -0.15) is 0 Å². The highest BCUT2D eigenvalue weighted by Crippen LogP contribution is 2.27. The van der Waals surface area contributed by atoms with Crippen LogP contribution in [0.15, 0.2) is 30.7 Å². The van der Waals surface area contributed by atoms with Gasteiger partial charge < -0.3 is 14.2 Å². The second-order valence-corrected chi connectivity index (χ2v) is 7.62. The molecule has 0 spiro atoms. The molecule has 1 fully saturated rings. The molecule has 2 aliphatic heterocycles. The summed E-state index contributed by atoms with van der Waals surface area (Å²) in [6.45, 7) is 6.28. The molecule has 4 heterocycles. The minimum Gasteiger partial charge on any atom is -0.480 e. The van der Waals surface area contributed by atoms with Crippen LogP contribution in [0.25, 0.3) is 10.9 Å². The number of piperazine rings is 1. The minimum atomic E-state index is 0.635. The van der Waals surface area contributed by atoms with Gasteiger partial charge in [0.15, 0.2) is 0 Å². The van der Waals surface area contributed by atoms with Crippen molar-refractivity contribution in [2.45, 2.75) is 32.4 Å². The third-order valence-electron chi connectivity index (χ3n) is 5.95. The van der Waals surface area contributed by atoms with Crippen LogP contribution < -0.4 is 9.64 Å². The molecule has 28 heavy (non-hydrogen) atoms. The highest BCUT2D eigenvalue weighted by molar-refractivity contribution is 5.86. The zero-order chi connectivity index (χ0) is 18.9. The summed E-state index contributed by atoms with van der Waals surface area (Å²) in [5, 5.41) is 0.968. The first-order valence-corrected chi connectivity index (χ1v) is 10.1.